The minimum atomic E-state index is -1.19. The molecule has 0 atom stereocenters. The molecular weight excluding hydrogens is 264 g/mol. The number of carboxylic acid groups (broad SMARTS) is 2. The van der Waals surface area contributed by atoms with E-state index in [-0.39, 0.29) is 22.6 Å². The molecule has 0 saturated heterocycles. The smallest absolute Gasteiger partial charge is 0.339 e. The minimum absolute atomic E-state index is 0.0422. The molecule has 110 valence electrons. The van der Waals surface area contributed by atoms with Crippen molar-refractivity contribution in [3.63, 3.8) is 0 Å². The Labute approximate surface area is 116 Å². The summed E-state index contributed by atoms with van der Waals surface area (Å²) in [4.78, 5) is 22.4. The van der Waals surface area contributed by atoms with Crippen molar-refractivity contribution >= 4 is 11.9 Å². The van der Waals surface area contributed by atoms with Crippen LogP contribution in [0, 0.1) is 0 Å². The van der Waals surface area contributed by atoms with Crippen molar-refractivity contribution in [1.82, 2.24) is 0 Å². The van der Waals surface area contributed by atoms with Gasteiger partial charge in [0.1, 0.15) is 22.6 Å². The van der Waals surface area contributed by atoms with Crippen molar-refractivity contribution in [2.45, 2.75) is 26.7 Å². The average Bonchev–Trinajstić information content (AvgIpc) is 2.42. The zero-order valence-electron chi connectivity index (χ0n) is 11.5. The summed E-state index contributed by atoms with van der Waals surface area (Å²) in [6.45, 7) is 4.37. The largest absolute Gasteiger partial charge is 0.493 e. The van der Waals surface area contributed by atoms with Gasteiger partial charge in [0, 0.05) is 0 Å². The predicted molar refractivity (Wildman–Crippen MR) is 71.9 cm³/mol. The number of aromatic carboxylic acids is 2. The maximum absolute atomic E-state index is 11.2. The lowest BCUT2D eigenvalue weighted by Crippen LogP contribution is -2.10. The average molecular weight is 282 g/mol. The number of carboxylic acids is 2. The summed E-state index contributed by atoms with van der Waals surface area (Å²) < 4.78 is 10.6. The van der Waals surface area contributed by atoms with Crippen LogP contribution in [0.25, 0.3) is 0 Å². The molecule has 0 aromatic heterocycles. The van der Waals surface area contributed by atoms with Gasteiger partial charge in [0.2, 0.25) is 0 Å². The Morgan fingerprint density at radius 2 is 1.25 bits per heavy atom. The molecule has 1 rings (SSSR count). The van der Waals surface area contributed by atoms with Gasteiger partial charge in [-0.25, -0.2) is 9.59 Å². The third-order valence-corrected chi connectivity index (χ3v) is 2.47. The van der Waals surface area contributed by atoms with E-state index in [4.69, 9.17) is 19.7 Å². The van der Waals surface area contributed by atoms with E-state index >= 15 is 0 Å². The normalized spacial score (nSPS) is 10.1. The topological polar surface area (TPSA) is 93.1 Å². The molecule has 20 heavy (non-hydrogen) atoms. The first-order valence-corrected chi connectivity index (χ1v) is 6.41. The van der Waals surface area contributed by atoms with Crippen LogP contribution in [-0.4, -0.2) is 35.4 Å². The number of hydrogen-bond donors (Lipinski definition) is 2. The van der Waals surface area contributed by atoms with Crippen molar-refractivity contribution < 1.29 is 29.3 Å². The van der Waals surface area contributed by atoms with Crippen LogP contribution in [0.5, 0.6) is 11.5 Å². The van der Waals surface area contributed by atoms with Crippen molar-refractivity contribution in [3.8, 4) is 11.5 Å². The highest BCUT2D eigenvalue weighted by Gasteiger charge is 2.20. The Kier molecular flexibility index (Phi) is 5.83. The summed E-state index contributed by atoms with van der Waals surface area (Å²) in [6, 6.07) is 2.40. The number of carbonyl (C=O) groups is 2. The van der Waals surface area contributed by atoms with Gasteiger partial charge < -0.3 is 19.7 Å². The van der Waals surface area contributed by atoms with Gasteiger partial charge in [0.05, 0.1) is 13.2 Å². The summed E-state index contributed by atoms with van der Waals surface area (Å²) >= 11 is 0. The van der Waals surface area contributed by atoms with E-state index in [0.717, 1.165) is 0 Å². The zero-order chi connectivity index (χ0) is 15.1. The maximum Gasteiger partial charge on any atom is 0.339 e. The van der Waals surface area contributed by atoms with Crippen molar-refractivity contribution in [1.29, 1.82) is 0 Å². The second-order valence-electron chi connectivity index (χ2n) is 4.15. The first-order valence-electron chi connectivity index (χ1n) is 6.41. The molecule has 0 heterocycles. The van der Waals surface area contributed by atoms with Crippen LogP contribution in [0.1, 0.15) is 47.4 Å². The molecule has 0 bridgehead atoms. The van der Waals surface area contributed by atoms with Crippen LogP contribution >= 0.6 is 0 Å². The fourth-order valence-electron chi connectivity index (χ4n) is 1.56. The molecule has 0 aliphatic carbocycles. The summed E-state index contributed by atoms with van der Waals surface area (Å²) in [5.74, 6) is -2.29. The molecule has 0 aliphatic heterocycles. The van der Waals surface area contributed by atoms with Crippen LogP contribution in [-0.2, 0) is 0 Å². The number of rotatable bonds is 8. The number of ether oxygens (including phenoxy) is 2. The fraction of sp³-hybridized carbons (Fsp3) is 0.429. The summed E-state index contributed by atoms with van der Waals surface area (Å²) in [5.41, 5.74) is -0.205. The van der Waals surface area contributed by atoms with Gasteiger partial charge in [-0.2, -0.15) is 0 Å². The highest BCUT2D eigenvalue weighted by molar-refractivity contribution is 5.97. The van der Waals surface area contributed by atoms with E-state index in [1.807, 2.05) is 13.8 Å². The quantitative estimate of drug-likeness (QED) is 0.761. The summed E-state index contributed by atoms with van der Waals surface area (Å²) in [5, 5.41) is 18.3. The molecule has 0 radical (unpaired) electrons. The van der Waals surface area contributed by atoms with Crippen LogP contribution < -0.4 is 9.47 Å². The lowest BCUT2D eigenvalue weighted by Gasteiger charge is -2.13. The lowest BCUT2D eigenvalue weighted by atomic mass is 10.1. The molecule has 0 amide bonds. The molecule has 1 aromatic rings. The number of hydrogen-bond acceptors (Lipinski definition) is 4. The predicted octanol–water partition coefficient (Wildman–Crippen LogP) is 2.66. The molecular formula is C14H18O6. The molecule has 2 N–H and O–H groups in total. The van der Waals surface area contributed by atoms with Gasteiger partial charge >= 0.3 is 11.9 Å². The molecule has 0 spiro atoms. The zero-order valence-corrected chi connectivity index (χ0v) is 11.5. The summed E-state index contributed by atoms with van der Waals surface area (Å²) in [7, 11) is 0. The minimum Gasteiger partial charge on any atom is -0.493 e. The van der Waals surface area contributed by atoms with Crippen LogP contribution in [0.2, 0.25) is 0 Å². The van der Waals surface area contributed by atoms with E-state index in [9.17, 15) is 9.59 Å². The van der Waals surface area contributed by atoms with Crippen LogP contribution in [0.15, 0.2) is 12.1 Å². The number of benzene rings is 1. The Balaban J connectivity index is 3.27. The van der Waals surface area contributed by atoms with E-state index in [1.165, 1.54) is 12.1 Å². The Morgan fingerprint density at radius 3 is 1.50 bits per heavy atom. The third kappa shape index (κ3) is 3.88. The highest BCUT2D eigenvalue weighted by Crippen LogP contribution is 2.29. The molecule has 1 aromatic carbocycles. The van der Waals surface area contributed by atoms with Crippen molar-refractivity contribution in [2.75, 3.05) is 13.2 Å². The van der Waals surface area contributed by atoms with E-state index in [0.29, 0.717) is 26.1 Å². The maximum atomic E-state index is 11.2. The second-order valence-corrected chi connectivity index (χ2v) is 4.15. The van der Waals surface area contributed by atoms with Gasteiger partial charge in [0.25, 0.3) is 0 Å². The molecule has 6 heteroatoms. The first-order chi connectivity index (χ1) is 9.51. The summed E-state index contributed by atoms with van der Waals surface area (Å²) in [6.07, 6.45) is 1.38. The molecule has 0 aliphatic rings. The first kappa shape index (κ1) is 15.8. The molecule has 0 saturated carbocycles. The van der Waals surface area contributed by atoms with Crippen molar-refractivity contribution in [3.05, 3.63) is 23.3 Å². The Morgan fingerprint density at radius 1 is 0.900 bits per heavy atom. The second kappa shape index (κ2) is 7.37. The Hall–Kier alpha value is -2.24. The monoisotopic (exact) mass is 282 g/mol. The van der Waals surface area contributed by atoms with Gasteiger partial charge in [-0.3, -0.25) is 0 Å². The molecule has 0 fully saturated rings. The lowest BCUT2D eigenvalue weighted by molar-refractivity contribution is 0.0672. The molecule has 6 nitrogen and oxygen atoms in total. The standard InChI is InChI=1S/C14H18O6/c1-3-5-19-11-7-10(14(17)18)12(20-6-4-2)8-9(11)13(15)16/h7-8H,3-6H2,1-2H3,(H,15,16)(H,17,18). The SMILES string of the molecule is CCCOc1cc(C(=O)O)c(OCCC)cc1C(=O)O. The van der Waals surface area contributed by atoms with Crippen LogP contribution in [0.3, 0.4) is 0 Å². The third-order valence-electron chi connectivity index (χ3n) is 2.47. The van der Waals surface area contributed by atoms with Gasteiger partial charge in [0.15, 0.2) is 0 Å². The van der Waals surface area contributed by atoms with Gasteiger partial charge in [-0.05, 0) is 25.0 Å². The van der Waals surface area contributed by atoms with E-state index in [1.54, 1.807) is 0 Å². The van der Waals surface area contributed by atoms with E-state index < -0.39 is 11.9 Å². The van der Waals surface area contributed by atoms with Gasteiger partial charge in [-0.1, -0.05) is 13.8 Å². The van der Waals surface area contributed by atoms with Gasteiger partial charge in [-0.15, -0.1) is 0 Å². The Bertz CT molecular complexity index is 449. The fourth-order valence-corrected chi connectivity index (χ4v) is 1.56. The van der Waals surface area contributed by atoms with E-state index in [2.05, 4.69) is 0 Å². The van der Waals surface area contributed by atoms with Crippen molar-refractivity contribution in [2.24, 2.45) is 0 Å². The highest BCUT2D eigenvalue weighted by atomic mass is 16.5. The van der Waals surface area contributed by atoms with Crippen LogP contribution in [0.4, 0.5) is 0 Å². The molecule has 0 unspecified atom stereocenters.